The third kappa shape index (κ3) is 1.94. The lowest BCUT2D eigenvalue weighted by atomic mass is 10.1. The molecule has 0 spiro atoms. The van der Waals surface area contributed by atoms with Crippen LogP contribution in [0.25, 0.3) is 11.3 Å². The fraction of sp³-hybridized carbons (Fsp3) is 0. The van der Waals surface area contributed by atoms with Gasteiger partial charge in [-0.25, -0.2) is 0 Å². The molecule has 0 aliphatic carbocycles. The van der Waals surface area contributed by atoms with Gasteiger partial charge in [0.2, 0.25) is 0 Å². The van der Waals surface area contributed by atoms with Crippen molar-refractivity contribution < 1.29 is 0 Å². The Morgan fingerprint density at radius 3 is 2.43 bits per heavy atom. The van der Waals surface area contributed by atoms with Crippen LogP contribution in [0.4, 0.5) is 0 Å². The maximum absolute atomic E-state index is 6.03. The molecule has 0 saturated carbocycles. The summed E-state index contributed by atoms with van der Waals surface area (Å²) in [6, 6.07) is 11.5. The van der Waals surface area contributed by atoms with Crippen LogP contribution in [0.5, 0.6) is 0 Å². The first kappa shape index (κ1) is 9.62. The second-order valence-electron chi connectivity index (χ2n) is 2.73. The maximum atomic E-state index is 6.03. The van der Waals surface area contributed by atoms with Gasteiger partial charge in [0, 0.05) is 5.56 Å². The molecule has 0 aliphatic rings. The van der Waals surface area contributed by atoms with Gasteiger partial charge in [0.25, 0.3) is 0 Å². The number of nitrogens with zero attached hydrogens (tertiary/aromatic N) is 2. The Kier molecular flexibility index (Phi) is 2.79. The highest BCUT2D eigenvalue weighted by molar-refractivity contribution is 9.10. The molecule has 0 atom stereocenters. The molecular weight excluding hydrogens is 263 g/mol. The predicted molar refractivity (Wildman–Crippen MR) is 60.2 cm³/mol. The second-order valence-corrected chi connectivity index (χ2v) is 3.95. The lowest BCUT2D eigenvalue weighted by Crippen LogP contribution is -1.89. The number of benzene rings is 1. The van der Waals surface area contributed by atoms with E-state index in [1.807, 2.05) is 30.3 Å². The van der Waals surface area contributed by atoms with Gasteiger partial charge in [-0.15, -0.1) is 10.2 Å². The molecule has 1 aromatic carbocycles. The molecule has 1 heterocycles. The second kappa shape index (κ2) is 4.07. The summed E-state index contributed by atoms with van der Waals surface area (Å²) < 4.78 is 0.641. The Labute approximate surface area is 95.1 Å². The third-order valence-corrected chi connectivity index (χ3v) is 2.44. The van der Waals surface area contributed by atoms with Crippen molar-refractivity contribution in [3.05, 3.63) is 46.0 Å². The van der Waals surface area contributed by atoms with Crippen LogP contribution >= 0.6 is 27.5 Å². The Hall–Kier alpha value is -0.930. The molecule has 0 unspecified atom stereocenters. The lowest BCUT2D eigenvalue weighted by Gasteiger charge is -2.01. The van der Waals surface area contributed by atoms with E-state index >= 15 is 0 Å². The van der Waals surface area contributed by atoms with Crippen molar-refractivity contribution in [2.75, 3.05) is 0 Å². The Morgan fingerprint density at radius 1 is 1.07 bits per heavy atom. The minimum absolute atomic E-state index is 0.595. The van der Waals surface area contributed by atoms with E-state index in [-0.39, 0.29) is 0 Å². The molecule has 0 N–H and O–H groups in total. The zero-order chi connectivity index (χ0) is 9.97. The molecule has 2 aromatic rings. The monoisotopic (exact) mass is 268 g/mol. The molecule has 0 bridgehead atoms. The van der Waals surface area contributed by atoms with Crippen LogP contribution < -0.4 is 0 Å². The van der Waals surface area contributed by atoms with Crippen molar-refractivity contribution in [1.29, 1.82) is 0 Å². The molecule has 0 radical (unpaired) electrons. The van der Waals surface area contributed by atoms with Crippen molar-refractivity contribution in [2.45, 2.75) is 0 Å². The SMILES string of the molecule is Clc1cc(Br)nnc1-c1ccccc1. The summed E-state index contributed by atoms with van der Waals surface area (Å²) in [5.41, 5.74) is 1.67. The van der Waals surface area contributed by atoms with Crippen molar-refractivity contribution in [3.63, 3.8) is 0 Å². The van der Waals surface area contributed by atoms with E-state index in [2.05, 4.69) is 26.1 Å². The van der Waals surface area contributed by atoms with E-state index in [4.69, 9.17) is 11.6 Å². The van der Waals surface area contributed by atoms with Gasteiger partial charge in [-0.3, -0.25) is 0 Å². The van der Waals surface area contributed by atoms with Gasteiger partial charge < -0.3 is 0 Å². The van der Waals surface area contributed by atoms with Gasteiger partial charge >= 0.3 is 0 Å². The first-order valence-corrected chi connectivity index (χ1v) is 5.18. The zero-order valence-electron chi connectivity index (χ0n) is 7.11. The summed E-state index contributed by atoms with van der Waals surface area (Å²) in [6.07, 6.45) is 0. The van der Waals surface area contributed by atoms with E-state index in [0.29, 0.717) is 15.3 Å². The maximum Gasteiger partial charge on any atom is 0.130 e. The molecule has 1 aromatic heterocycles. The zero-order valence-corrected chi connectivity index (χ0v) is 9.46. The van der Waals surface area contributed by atoms with Crippen LogP contribution in [0.1, 0.15) is 0 Å². The smallest absolute Gasteiger partial charge is 0.130 e. The molecule has 14 heavy (non-hydrogen) atoms. The van der Waals surface area contributed by atoms with E-state index in [9.17, 15) is 0 Å². The highest BCUT2D eigenvalue weighted by Gasteiger charge is 2.05. The number of rotatable bonds is 1. The van der Waals surface area contributed by atoms with Crippen LogP contribution in [0.2, 0.25) is 5.02 Å². The standard InChI is InChI=1S/C10H6BrClN2/c11-9-6-8(12)10(14-13-9)7-4-2-1-3-5-7/h1-6H. The van der Waals surface area contributed by atoms with E-state index in [1.54, 1.807) is 6.07 Å². The quantitative estimate of drug-likeness (QED) is 0.791. The van der Waals surface area contributed by atoms with Crippen LogP contribution in [0.15, 0.2) is 41.0 Å². The van der Waals surface area contributed by atoms with E-state index < -0.39 is 0 Å². The summed E-state index contributed by atoms with van der Waals surface area (Å²) >= 11 is 9.24. The minimum atomic E-state index is 0.595. The van der Waals surface area contributed by atoms with Crippen molar-refractivity contribution in [3.8, 4) is 11.3 Å². The van der Waals surface area contributed by atoms with Crippen molar-refractivity contribution in [1.82, 2.24) is 10.2 Å². The number of halogens is 2. The highest BCUT2D eigenvalue weighted by Crippen LogP contribution is 2.26. The van der Waals surface area contributed by atoms with Crippen molar-refractivity contribution >= 4 is 27.5 Å². The predicted octanol–water partition coefficient (Wildman–Crippen LogP) is 3.56. The number of hydrogen-bond acceptors (Lipinski definition) is 2. The van der Waals surface area contributed by atoms with Crippen LogP contribution in [-0.4, -0.2) is 10.2 Å². The highest BCUT2D eigenvalue weighted by atomic mass is 79.9. The fourth-order valence-electron chi connectivity index (χ4n) is 1.14. The molecule has 0 amide bonds. The number of aromatic nitrogens is 2. The molecule has 70 valence electrons. The van der Waals surface area contributed by atoms with E-state index in [1.165, 1.54) is 0 Å². The van der Waals surface area contributed by atoms with Gasteiger partial charge in [-0.2, -0.15) is 0 Å². The first-order chi connectivity index (χ1) is 6.77. The average Bonchev–Trinajstić information content (AvgIpc) is 2.19. The molecule has 2 rings (SSSR count). The Morgan fingerprint density at radius 2 is 1.79 bits per heavy atom. The largest absolute Gasteiger partial charge is 0.148 e. The van der Waals surface area contributed by atoms with Crippen LogP contribution in [0, 0.1) is 0 Å². The average molecular weight is 270 g/mol. The Bertz CT molecular complexity index is 445. The number of hydrogen-bond donors (Lipinski definition) is 0. The molecule has 0 saturated heterocycles. The van der Waals surface area contributed by atoms with Crippen LogP contribution in [0.3, 0.4) is 0 Å². The van der Waals surface area contributed by atoms with Gasteiger partial charge in [0.15, 0.2) is 0 Å². The van der Waals surface area contributed by atoms with E-state index in [0.717, 1.165) is 5.56 Å². The molecule has 0 aliphatic heterocycles. The van der Waals surface area contributed by atoms with Gasteiger partial charge in [0.05, 0.1) is 5.02 Å². The summed E-state index contributed by atoms with van der Waals surface area (Å²) in [6.45, 7) is 0. The van der Waals surface area contributed by atoms with Crippen LogP contribution in [-0.2, 0) is 0 Å². The summed E-state index contributed by atoms with van der Waals surface area (Å²) in [5.74, 6) is 0. The van der Waals surface area contributed by atoms with Crippen molar-refractivity contribution in [2.24, 2.45) is 0 Å². The molecule has 4 heteroatoms. The lowest BCUT2D eigenvalue weighted by molar-refractivity contribution is 1.01. The minimum Gasteiger partial charge on any atom is -0.148 e. The molecule has 0 fully saturated rings. The summed E-state index contributed by atoms with van der Waals surface area (Å²) in [5, 5.41) is 8.51. The summed E-state index contributed by atoms with van der Waals surface area (Å²) in [4.78, 5) is 0. The molecular formula is C10H6BrClN2. The topological polar surface area (TPSA) is 25.8 Å². The van der Waals surface area contributed by atoms with Gasteiger partial charge in [0.1, 0.15) is 10.3 Å². The normalized spacial score (nSPS) is 10.1. The third-order valence-electron chi connectivity index (χ3n) is 1.76. The molecule has 2 nitrogen and oxygen atoms in total. The first-order valence-electron chi connectivity index (χ1n) is 4.01. The fourth-order valence-corrected chi connectivity index (χ4v) is 1.83. The van der Waals surface area contributed by atoms with Gasteiger partial charge in [-0.05, 0) is 22.0 Å². The summed E-state index contributed by atoms with van der Waals surface area (Å²) in [7, 11) is 0. The Balaban J connectivity index is 2.53. The van der Waals surface area contributed by atoms with Gasteiger partial charge in [-0.1, -0.05) is 41.9 Å².